The predicted octanol–water partition coefficient (Wildman–Crippen LogP) is 1.65. The van der Waals surface area contributed by atoms with Crippen molar-refractivity contribution in [3.63, 3.8) is 0 Å². The molecule has 2 heterocycles. The molecule has 0 bridgehead atoms. The van der Waals surface area contributed by atoms with Gasteiger partial charge in [-0.05, 0) is 25.8 Å². The molecule has 2 rings (SSSR count). The van der Waals surface area contributed by atoms with Crippen LogP contribution in [0, 0.1) is 0 Å². The molecule has 0 N–H and O–H groups in total. The largest absolute Gasteiger partial charge is 0.375 e. The quantitative estimate of drug-likeness (QED) is 0.592. The van der Waals surface area contributed by atoms with Crippen molar-refractivity contribution in [2.45, 2.75) is 44.8 Å². The third-order valence-electron chi connectivity index (χ3n) is 3.17. The number of nitrogens with zero attached hydrogens (tertiary/aromatic N) is 1. The highest BCUT2D eigenvalue weighted by Crippen LogP contribution is 2.22. The van der Waals surface area contributed by atoms with Crippen LogP contribution in [-0.2, 0) is 4.74 Å². The summed E-state index contributed by atoms with van der Waals surface area (Å²) in [6.07, 6.45) is 5.84. The minimum absolute atomic E-state index is 0.513. The first kappa shape index (κ1) is 8.52. The number of hydrogen-bond acceptors (Lipinski definition) is 2. The third-order valence-corrected chi connectivity index (χ3v) is 3.17. The summed E-state index contributed by atoms with van der Waals surface area (Å²) in [5, 5.41) is 0. The summed E-state index contributed by atoms with van der Waals surface area (Å²) >= 11 is 0. The molecule has 2 unspecified atom stereocenters. The van der Waals surface area contributed by atoms with Crippen LogP contribution in [0.15, 0.2) is 0 Å². The molecule has 0 amide bonds. The zero-order chi connectivity index (χ0) is 8.39. The Morgan fingerprint density at radius 2 is 2.33 bits per heavy atom. The number of morpholine rings is 1. The lowest BCUT2D eigenvalue weighted by Gasteiger charge is -2.42. The molecule has 2 aliphatic rings. The van der Waals surface area contributed by atoms with Crippen molar-refractivity contribution in [3.8, 4) is 0 Å². The average Bonchev–Trinajstić information content (AvgIpc) is 2.17. The van der Waals surface area contributed by atoms with Crippen molar-refractivity contribution in [2.75, 3.05) is 19.7 Å². The zero-order valence-electron chi connectivity index (χ0n) is 7.96. The Bertz CT molecular complexity index is 149. The third kappa shape index (κ3) is 1.64. The fraction of sp³-hybridized carbons (Fsp3) is 1.00. The van der Waals surface area contributed by atoms with Crippen LogP contribution in [0.4, 0.5) is 0 Å². The van der Waals surface area contributed by atoms with Gasteiger partial charge >= 0.3 is 0 Å². The minimum Gasteiger partial charge on any atom is -0.375 e. The van der Waals surface area contributed by atoms with E-state index in [0.29, 0.717) is 6.10 Å². The first-order valence-corrected chi connectivity index (χ1v) is 5.26. The van der Waals surface area contributed by atoms with Crippen LogP contribution < -0.4 is 0 Å². The Morgan fingerprint density at radius 3 is 3.17 bits per heavy atom. The van der Waals surface area contributed by atoms with Gasteiger partial charge in [0.1, 0.15) is 0 Å². The van der Waals surface area contributed by atoms with E-state index >= 15 is 0 Å². The van der Waals surface area contributed by atoms with Crippen molar-refractivity contribution in [2.24, 2.45) is 0 Å². The van der Waals surface area contributed by atoms with Gasteiger partial charge in [-0.2, -0.15) is 0 Å². The maximum absolute atomic E-state index is 5.75. The van der Waals surface area contributed by atoms with Gasteiger partial charge < -0.3 is 4.74 Å². The first-order valence-electron chi connectivity index (χ1n) is 5.26. The van der Waals surface area contributed by atoms with Gasteiger partial charge in [-0.1, -0.05) is 13.3 Å². The fourth-order valence-corrected chi connectivity index (χ4v) is 2.30. The van der Waals surface area contributed by atoms with Gasteiger partial charge in [-0.15, -0.1) is 0 Å². The Balaban J connectivity index is 1.90. The smallest absolute Gasteiger partial charge is 0.0700 e. The Morgan fingerprint density at radius 1 is 1.42 bits per heavy atom. The lowest BCUT2D eigenvalue weighted by atomic mass is 10.0. The molecule has 2 heteroatoms. The molecule has 2 aliphatic heterocycles. The zero-order valence-corrected chi connectivity index (χ0v) is 7.96. The summed E-state index contributed by atoms with van der Waals surface area (Å²) in [6, 6.07) is 0.751. The van der Waals surface area contributed by atoms with Crippen LogP contribution in [0.2, 0.25) is 0 Å². The van der Waals surface area contributed by atoms with E-state index in [4.69, 9.17) is 4.74 Å². The van der Waals surface area contributed by atoms with Gasteiger partial charge in [0.25, 0.3) is 0 Å². The van der Waals surface area contributed by atoms with E-state index in [1.165, 1.54) is 38.8 Å². The van der Waals surface area contributed by atoms with Crippen molar-refractivity contribution in [3.05, 3.63) is 0 Å². The van der Waals surface area contributed by atoms with Crippen molar-refractivity contribution >= 4 is 0 Å². The molecule has 0 spiro atoms. The molecule has 12 heavy (non-hydrogen) atoms. The molecular formula is C10H19NO. The highest BCUT2D eigenvalue weighted by Gasteiger charge is 2.29. The van der Waals surface area contributed by atoms with Crippen LogP contribution >= 0.6 is 0 Å². The average molecular weight is 169 g/mol. The van der Waals surface area contributed by atoms with E-state index in [1.54, 1.807) is 0 Å². The summed E-state index contributed by atoms with van der Waals surface area (Å²) in [6.45, 7) is 5.69. The molecule has 0 aromatic heterocycles. The molecule has 2 atom stereocenters. The second-order valence-electron chi connectivity index (χ2n) is 4.01. The van der Waals surface area contributed by atoms with E-state index in [2.05, 4.69) is 11.8 Å². The number of fused-ring (bicyclic) bond motifs is 1. The number of piperidine rings is 1. The van der Waals surface area contributed by atoms with Gasteiger partial charge in [0, 0.05) is 12.6 Å². The SMILES string of the molecule is CCC1CN2CCCCC2CO1. The molecule has 0 aliphatic carbocycles. The van der Waals surface area contributed by atoms with E-state index in [-0.39, 0.29) is 0 Å². The minimum atomic E-state index is 0.513. The molecule has 2 fully saturated rings. The highest BCUT2D eigenvalue weighted by molar-refractivity contribution is 4.82. The highest BCUT2D eigenvalue weighted by atomic mass is 16.5. The number of rotatable bonds is 1. The van der Waals surface area contributed by atoms with Crippen LogP contribution in [-0.4, -0.2) is 36.7 Å². The maximum Gasteiger partial charge on any atom is 0.0700 e. The Kier molecular flexibility index (Phi) is 2.66. The van der Waals surface area contributed by atoms with Crippen molar-refractivity contribution in [1.29, 1.82) is 0 Å². The lowest BCUT2D eigenvalue weighted by Crippen LogP contribution is -2.51. The Labute approximate surface area is 74.9 Å². The summed E-state index contributed by atoms with van der Waals surface area (Å²) in [5.41, 5.74) is 0. The van der Waals surface area contributed by atoms with Crippen molar-refractivity contribution in [1.82, 2.24) is 4.90 Å². The number of ether oxygens (including phenoxy) is 1. The van der Waals surface area contributed by atoms with Crippen LogP contribution in [0.3, 0.4) is 0 Å². The topological polar surface area (TPSA) is 12.5 Å². The maximum atomic E-state index is 5.75. The van der Waals surface area contributed by atoms with Crippen molar-refractivity contribution < 1.29 is 4.74 Å². The summed E-state index contributed by atoms with van der Waals surface area (Å²) in [4.78, 5) is 2.63. The summed E-state index contributed by atoms with van der Waals surface area (Å²) < 4.78 is 5.75. The monoisotopic (exact) mass is 169 g/mol. The standard InChI is InChI=1S/C10H19NO/c1-2-10-7-11-6-4-3-5-9(11)8-12-10/h9-10H,2-8H2,1H3. The van der Waals surface area contributed by atoms with Gasteiger partial charge in [-0.3, -0.25) is 4.90 Å². The summed E-state index contributed by atoms with van der Waals surface area (Å²) in [5.74, 6) is 0. The normalized spacial score (nSPS) is 37.8. The van der Waals surface area contributed by atoms with E-state index < -0.39 is 0 Å². The first-order chi connectivity index (χ1) is 5.90. The molecule has 0 aromatic carbocycles. The van der Waals surface area contributed by atoms with Gasteiger partial charge in [0.15, 0.2) is 0 Å². The predicted molar refractivity (Wildman–Crippen MR) is 49.2 cm³/mol. The van der Waals surface area contributed by atoms with Gasteiger partial charge in [0.2, 0.25) is 0 Å². The van der Waals surface area contributed by atoms with Crippen LogP contribution in [0.25, 0.3) is 0 Å². The molecule has 0 aromatic rings. The fourth-order valence-electron chi connectivity index (χ4n) is 2.30. The van der Waals surface area contributed by atoms with Crippen LogP contribution in [0.1, 0.15) is 32.6 Å². The molecular weight excluding hydrogens is 150 g/mol. The summed E-state index contributed by atoms with van der Waals surface area (Å²) in [7, 11) is 0. The van der Waals surface area contributed by atoms with E-state index in [9.17, 15) is 0 Å². The van der Waals surface area contributed by atoms with E-state index in [1.807, 2.05) is 0 Å². The lowest BCUT2D eigenvalue weighted by molar-refractivity contribution is -0.0755. The second-order valence-corrected chi connectivity index (χ2v) is 4.01. The van der Waals surface area contributed by atoms with E-state index in [0.717, 1.165) is 12.6 Å². The molecule has 2 nitrogen and oxygen atoms in total. The molecule has 0 saturated carbocycles. The Hall–Kier alpha value is -0.0800. The number of hydrogen-bond donors (Lipinski definition) is 0. The second kappa shape index (κ2) is 3.75. The molecule has 70 valence electrons. The molecule has 2 saturated heterocycles. The van der Waals surface area contributed by atoms with Gasteiger partial charge in [0.05, 0.1) is 12.7 Å². The van der Waals surface area contributed by atoms with Crippen LogP contribution in [0.5, 0.6) is 0 Å². The molecule has 0 radical (unpaired) electrons. The van der Waals surface area contributed by atoms with Gasteiger partial charge in [-0.25, -0.2) is 0 Å².